The van der Waals surface area contributed by atoms with E-state index in [9.17, 15) is 14.0 Å². The van der Waals surface area contributed by atoms with Crippen LogP contribution in [0.5, 0.6) is 0 Å². The quantitative estimate of drug-likeness (QED) is 0.722. The molecule has 1 aromatic heterocycles. The number of carbonyl (C=O) groups excluding carboxylic acids is 1. The van der Waals surface area contributed by atoms with Crippen molar-refractivity contribution in [3.8, 4) is 0 Å². The first-order valence-corrected chi connectivity index (χ1v) is 10.3. The molecule has 7 heteroatoms. The van der Waals surface area contributed by atoms with Gasteiger partial charge in [0.2, 0.25) is 0 Å². The van der Waals surface area contributed by atoms with E-state index in [0.29, 0.717) is 25.1 Å². The third-order valence-corrected chi connectivity index (χ3v) is 5.76. The Morgan fingerprint density at radius 2 is 2.13 bits per heavy atom. The number of pyridine rings is 1. The molecule has 2 aliphatic rings. The third-order valence-electron chi connectivity index (χ3n) is 5.76. The van der Waals surface area contributed by atoms with Gasteiger partial charge in [0.05, 0.1) is 13.7 Å². The number of halogens is 1. The highest BCUT2D eigenvalue weighted by Gasteiger charge is 2.40. The highest BCUT2D eigenvalue weighted by molar-refractivity contribution is 5.93. The number of alkyl halides is 1. The molecule has 1 aromatic carbocycles. The molecule has 1 aliphatic carbocycles. The Bertz CT molecular complexity index is 1070. The van der Waals surface area contributed by atoms with Crippen molar-refractivity contribution in [2.45, 2.75) is 37.6 Å². The zero-order valence-corrected chi connectivity index (χ0v) is 17.3. The zero-order valence-electron chi connectivity index (χ0n) is 17.3. The number of hydrogen-bond acceptors (Lipinski definition) is 4. The third kappa shape index (κ3) is 4.38. The summed E-state index contributed by atoms with van der Waals surface area (Å²) in [7, 11) is 1.38. The van der Waals surface area contributed by atoms with Crippen LogP contribution in [-0.4, -0.2) is 30.4 Å². The molecule has 0 saturated carbocycles. The van der Waals surface area contributed by atoms with Crippen molar-refractivity contribution in [1.82, 2.24) is 10.0 Å². The topological polar surface area (TPSA) is 69.6 Å². The molecule has 31 heavy (non-hydrogen) atoms. The molecular formula is C24H25FN2O4. The van der Waals surface area contributed by atoms with Gasteiger partial charge in [0.1, 0.15) is 11.8 Å². The monoisotopic (exact) mass is 424 g/mol. The molecule has 2 aromatic rings. The Kier molecular flexibility index (Phi) is 6.15. The highest BCUT2D eigenvalue weighted by Crippen LogP contribution is 2.43. The van der Waals surface area contributed by atoms with Crippen LogP contribution in [0.25, 0.3) is 0 Å². The first-order chi connectivity index (χ1) is 15.0. The number of ether oxygens (including phenoxy) is 1. The van der Waals surface area contributed by atoms with Crippen LogP contribution in [0.4, 0.5) is 4.39 Å². The summed E-state index contributed by atoms with van der Waals surface area (Å²) in [5, 5.41) is 0. The molecule has 162 valence electrons. The van der Waals surface area contributed by atoms with Crippen LogP contribution < -0.4 is 11.0 Å². The van der Waals surface area contributed by atoms with E-state index in [1.54, 1.807) is 53.2 Å². The minimum absolute atomic E-state index is 0.141. The largest absolute Gasteiger partial charge is 0.366 e. The molecule has 1 fully saturated rings. The second kappa shape index (κ2) is 8.99. The van der Waals surface area contributed by atoms with Gasteiger partial charge in [0.15, 0.2) is 0 Å². The molecule has 1 amide bonds. The fourth-order valence-corrected chi connectivity index (χ4v) is 4.15. The standard InChI is InChI=1S/C24H25FN2O4/c1-30-26-23(29)18-5-3-17(4-6-18)16-27-13-11-20(15-22(27)28)24(12-2-14-31-24)19-7-9-21(25)10-8-19/h3-9,11,13,15,21H,2,10,12,14,16H2,1H3,(H,26,29)/t21?,24-/m1/s1. The van der Waals surface area contributed by atoms with Gasteiger partial charge in [-0.05, 0) is 47.7 Å². The number of benzene rings is 1. The van der Waals surface area contributed by atoms with Crippen LogP contribution in [0.2, 0.25) is 0 Å². The van der Waals surface area contributed by atoms with E-state index in [4.69, 9.17) is 4.74 Å². The average molecular weight is 424 g/mol. The van der Waals surface area contributed by atoms with Crippen molar-refractivity contribution in [2.24, 2.45) is 0 Å². The summed E-state index contributed by atoms with van der Waals surface area (Å²) in [4.78, 5) is 29.3. The molecule has 0 spiro atoms. The predicted molar refractivity (Wildman–Crippen MR) is 114 cm³/mol. The van der Waals surface area contributed by atoms with Crippen molar-refractivity contribution < 1.29 is 18.8 Å². The maximum atomic E-state index is 13.5. The van der Waals surface area contributed by atoms with Gasteiger partial charge in [-0.3, -0.25) is 14.4 Å². The number of aromatic nitrogens is 1. The summed E-state index contributed by atoms with van der Waals surface area (Å²) in [5.74, 6) is -0.331. The van der Waals surface area contributed by atoms with Crippen LogP contribution >= 0.6 is 0 Å². The summed E-state index contributed by atoms with van der Waals surface area (Å²) in [6, 6.07) is 10.5. The molecule has 1 saturated heterocycles. The zero-order chi connectivity index (χ0) is 21.8. The molecule has 0 bridgehead atoms. The lowest BCUT2D eigenvalue weighted by Crippen LogP contribution is -2.31. The van der Waals surface area contributed by atoms with Crippen LogP contribution in [-0.2, 0) is 21.7 Å². The number of rotatable bonds is 6. The Hall–Kier alpha value is -3.03. The number of allylic oxidation sites excluding steroid dienone is 2. The van der Waals surface area contributed by atoms with Gasteiger partial charge in [-0.1, -0.05) is 30.4 Å². The van der Waals surface area contributed by atoms with E-state index in [-0.39, 0.29) is 11.5 Å². The van der Waals surface area contributed by atoms with E-state index in [0.717, 1.165) is 29.5 Å². The molecule has 1 N–H and O–H groups in total. The number of nitrogens with zero attached hydrogens (tertiary/aromatic N) is 1. The molecule has 2 heterocycles. The number of amides is 1. The lowest BCUT2D eigenvalue weighted by Gasteiger charge is -2.32. The summed E-state index contributed by atoms with van der Waals surface area (Å²) in [6.07, 6.45) is 7.97. The molecule has 0 radical (unpaired) electrons. The number of nitrogens with one attached hydrogen (secondary N) is 1. The number of hydrogen-bond donors (Lipinski definition) is 1. The maximum absolute atomic E-state index is 13.5. The van der Waals surface area contributed by atoms with Gasteiger partial charge in [-0.2, -0.15) is 0 Å². The van der Waals surface area contributed by atoms with E-state index in [2.05, 4.69) is 10.3 Å². The van der Waals surface area contributed by atoms with Crippen LogP contribution in [0.15, 0.2) is 71.2 Å². The smallest absolute Gasteiger partial charge is 0.274 e. The van der Waals surface area contributed by atoms with E-state index in [1.165, 1.54) is 7.11 Å². The Morgan fingerprint density at radius 3 is 2.74 bits per heavy atom. The molecular weight excluding hydrogens is 399 g/mol. The van der Waals surface area contributed by atoms with Crippen molar-refractivity contribution >= 4 is 5.91 Å². The van der Waals surface area contributed by atoms with Gasteiger partial charge < -0.3 is 9.30 Å². The first kappa shape index (κ1) is 21.2. The second-order valence-electron chi connectivity index (χ2n) is 7.76. The van der Waals surface area contributed by atoms with Crippen molar-refractivity contribution in [3.05, 3.63) is 93.4 Å². The molecule has 6 nitrogen and oxygen atoms in total. The molecule has 4 rings (SSSR count). The summed E-state index contributed by atoms with van der Waals surface area (Å²) < 4.78 is 21.3. The van der Waals surface area contributed by atoms with Crippen molar-refractivity contribution in [2.75, 3.05) is 13.7 Å². The van der Waals surface area contributed by atoms with Gasteiger partial charge in [0, 0.05) is 30.9 Å². The lowest BCUT2D eigenvalue weighted by molar-refractivity contribution is 0.0344. The minimum atomic E-state index is -0.970. The summed E-state index contributed by atoms with van der Waals surface area (Å²) in [6.45, 7) is 0.988. The summed E-state index contributed by atoms with van der Waals surface area (Å²) >= 11 is 0. The molecule has 1 aliphatic heterocycles. The van der Waals surface area contributed by atoms with Crippen molar-refractivity contribution in [1.29, 1.82) is 0 Å². The van der Waals surface area contributed by atoms with Crippen LogP contribution in [0, 0.1) is 0 Å². The average Bonchev–Trinajstić information content (AvgIpc) is 3.27. The summed E-state index contributed by atoms with van der Waals surface area (Å²) in [5.41, 5.74) is 4.52. The SMILES string of the molecule is CONC(=O)c1ccc(Cn2ccc([C@]3(C4=CCC(F)C=C4)CCCO3)cc2=O)cc1. The predicted octanol–water partition coefficient (Wildman–Crippen LogP) is 3.42. The van der Waals surface area contributed by atoms with Gasteiger partial charge in [-0.15, -0.1) is 0 Å². The Labute approximate surface area is 179 Å². The van der Waals surface area contributed by atoms with E-state index < -0.39 is 11.8 Å². The fraction of sp³-hybridized carbons (Fsp3) is 0.333. The first-order valence-electron chi connectivity index (χ1n) is 10.3. The van der Waals surface area contributed by atoms with E-state index in [1.807, 2.05) is 12.1 Å². The maximum Gasteiger partial charge on any atom is 0.274 e. The van der Waals surface area contributed by atoms with E-state index >= 15 is 0 Å². The molecule has 2 atom stereocenters. The number of carbonyl (C=O) groups is 1. The minimum Gasteiger partial charge on any atom is -0.366 e. The Balaban J connectivity index is 1.56. The van der Waals surface area contributed by atoms with Gasteiger partial charge in [-0.25, -0.2) is 9.87 Å². The van der Waals surface area contributed by atoms with Crippen molar-refractivity contribution in [3.63, 3.8) is 0 Å². The van der Waals surface area contributed by atoms with Gasteiger partial charge >= 0.3 is 0 Å². The normalized spacial score (nSPS) is 22.9. The lowest BCUT2D eigenvalue weighted by atomic mass is 9.81. The van der Waals surface area contributed by atoms with Crippen LogP contribution in [0.1, 0.15) is 40.7 Å². The highest BCUT2D eigenvalue weighted by atomic mass is 19.1. The molecule has 1 unspecified atom stereocenters. The Morgan fingerprint density at radius 1 is 1.32 bits per heavy atom. The second-order valence-corrected chi connectivity index (χ2v) is 7.76. The fourth-order valence-electron chi connectivity index (χ4n) is 4.15. The number of hydroxylamine groups is 1. The van der Waals surface area contributed by atoms with Crippen LogP contribution in [0.3, 0.4) is 0 Å². The van der Waals surface area contributed by atoms with Gasteiger partial charge in [0.25, 0.3) is 11.5 Å².